The van der Waals surface area contributed by atoms with E-state index < -0.39 is 0 Å². The maximum Gasteiger partial charge on any atom is 0.255 e. The van der Waals surface area contributed by atoms with Crippen LogP contribution in [0.2, 0.25) is 5.15 Å². The first-order valence-corrected chi connectivity index (χ1v) is 7.27. The number of aromatic nitrogens is 4. The Morgan fingerprint density at radius 1 is 1.29 bits per heavy atom. The molecule has 6 heteroatoms. The summed E-state index contributed by atoms with van der Waals surface area (Å²) in [6.07, 6.45) is 3.51. The molecule has 3 rings (SSSR count). The smallest absolute Gasteiger partial charge is 0.255 e. The molecule has 0 fully saturated rings. The van der Waals surface area contributed by atoms with Crippen LogP contribution in [-0.4, -0.2) is 25.6 Å². The van der Waals surface area contributed by atoms with Gasteiger partial charge in [0.2, 0.25) is 0 Å². The van der Waals surface area contributed by atoms with Gasteiger partial charge in [-0.15, -0.1) is 0 Å². The summed E-state index contributed by atoms with van der Waals surface area (Å²) in [6.45, 7) is 2.14. The molecule has 1 aromatic carbocycles. The highest BCUT2D eigenvalue weighted by Gasteiger charge is 2.09. The lowest BCUT2D eigenvalue weighted by molar-refractivity contribution is 0.697. The minimum absolute atomic E-state index is 0.288. The van der Waals surface area contributed by atoms with E-state index in [1.165, 1.54) is 11.9 Å². The first-order valence-electron chi connectivity index (χ1n) is 6.89. The maximum absolute atomic E-state index is 6.00. The van der Waals surface area contributed by atoms with Gasteiger partial charge in [-0.2, -0.15) is 19.6 Å². The molecular formula is C15H16ClN5. The third-order valence-corrected chi connectivity index (χ3v) is 3.52. The summed E-state index contributed by atoms with van der Waals surface area (Å²) in [5.41, 5.74) is 1.34. The standard InChI is InChI=1S/C15H16ClN5/c1-11(7-8-12-5-3-2-4-6-12)19-14-9-13(16)20-15-17-10-18-21(14)15/h2-6,9-11,19H,7-8H2,1H3. The van der Waals surface area contributed by atoms with Crippen LogP contribution in [-0.2, 0) is 6.42 Å². The molecule has 1 atom stereocenters. The number of hydrogen-bond acceptors (Lipinski definition) is 4. The van der Waals surface area contributed by atoms with Gasteiger partial charge in [-0.3, -0.25) is 0 Å². The molecule has 0 spiro atoms. The molecule has 2 aromatic heterocycles. The van der Waals surface area contributed by atoms with Gasteiger partial charge in [0.05, 0.1) is 0 Å². The minimum atomic E-state index is 0.288. The Morgan fingerprint density at radius 2 is 2.10 bits per heavy atom. The van der Waals surface area contributed by atoms with Gasteiger partial charge in [0.25, 0.3) is 5.78 Å². The molecule has 21 heavy (non-hydrogen) atoms. The number of fused-ring (bicyclic) bond motifs is 1. The number of nitrogens with one attached hydrogen (secondary N) is 1. The van der Waals surface area contributed by atoms with Crippen molar-refractivity contribution < 1.29 is 0 Å². The van der Waals surface area contributed by atoms with Crippen molar-refractivity contribution >= 4 is 23.2 Å². The highest BCUT2D eigenvalue weighted by atomic mass is 35.5. The van der Waals surface area contributed by atoms with Crippen molar-refractivity contribution in [3.8, 4) is 0 Å². The Morgan fingerprint density at radius 3 is 2.90 bits per heavy atom. The molecule has 0 radical (unpaired) electrons. The summed E-state index contributed by atoms with van der Waals surface area (Å²) >= 11 is 6.00. The number of hydrogen-bond donors (Lipinski definition) is 1. The van der Waals surface area contributed by atoms with Crippen LogP contribution in [0.15, 0.2) is 42.7 Å². The second kappa shape index (κ2) is 6.10. The van der Waals surface area contributed by atoms with Gasteiger partial charge in [-0.25, -0.2) is 0 Å². The van der Waals surface area contributed by atoms with Crippen LogP contribution < -0.4 is 5.32 Å². The number of anilines is 1. The Bertz CT molecular complexity index is 725. The largest absolute Gasteiger partial charge is 0.367 e. The number of nitrogens with zero attached hydrogens (tertiary/aromatic N) is 4. The normalized spacial score (nSPS) is 12.5. The summed E-state index contributed by atoms with van der Waals surface area (Å²) in [7, 11) is 0. The lowest BCUT2D eigenvalue weighted by Gasteiger charge is -2.15. The minimum Gasteiger partial charge on any atom is -0.367 e. The van der Waals surface area contributed by atoms with Crippen LogP contribution in [0, 0.1) is 0 Å². The molecule has 0 saturated carbocycles. The maximum atomic E-state index is 6.00. The summed E-state index contributed by atoms with van der Waals surface area (Å²) < 4.78 is 1.66. The monoisotopic (exact) mass is 301 g/mol. The molecule has 3 aromatic rings. The van der Waals surface area contributed by atoms with Crippen molar-refractivity contribution in [2.75, 3.05) is 5.32 Å². The van der Waals surface area contributed by atoms with Crippen LogP contribution in [0.1, 0.15) is 18.9 Å². The van der Waals surface area contributed by atoms with E-state index in [1.54, 1.807) is 10.6 Å². The summed E-state index contributed by atoms with van der Waals surface area (Å²) in [4.78, 5) is 8.17. The van der Waals surface area contributed by atoms with Gasteiger partial charge in [0.15, 0.2) is 0 Å². The Kier molecular flexibility index (Phi) is 4.01. The highest BCUT2D eigenvalue weighted by Crippen LogP contribution is 2.16. The Hall–Kier alpha value is -2.14. The molecular weight excluding hydrogens is 286 g/mol. The van der Waals surface area contributed by atoms with E-state index in [0.29, 0.717) is 10.9 Å². The van der Waals surface area contributed by atoms with Crippen LogP contribution in [0.5, 0.6) is 0 Å². The quantitative estimate of drug-likeness (QED) is 0.735. The van der Waals surface area contributed by atoms with Crippen LogP contribution in [0.25, 0.3) is 5.78 Å². The molecule has 0 amide bonds. The van der Waals surface area contributed by atoms with Crippen LogP contribution in [0.4, 0.5) is 5.82 Å². The summed E-state index contributed by atoms with van der Waals surface area (Å²) in [5.74, 6) is 1.31. The van der Waals surface area contributed by atoms with Gasteiger partial charge in [0, 0.05) is 12.1 Å². The first-order chi connectivity index (χ1) is 10.2. The molecule has 1 unspecified atom stereocenters. The van der Waals surface area contributed by atoms with Crippen molar-refractivity contribution in [2.45, 2.75) is 25.8 Å². The van der Waals surface area contributed by atoms with E-state index in [9.17, 15) is 0 Å². The molecule has 0 aliphatic heterocycles. The van der Waals surface area contributed by atoms with Crippen molar-refractivity contribution in [3.05, 3.63) is 53.4 Å². The molecule has 0 bridgehead atoms. The van der Waals surface area contributed by atoms with Crippen molar-refractivity contribution in [1.29, 1.82) is 0 Å². The molecule has 0 aliphatic carbocycles. The Labute approximate surface area is 128 Å². The van der Waals surface area contributed by atoms with Gasteiger partial charge in [0.1, 0.15) is 17.3 Å². The average Bonchev–Trinajstić information content (AvgIpc) is 2.94. The second-order valence-corrected chi connectivity index (χ2v) is 5.39. The third-order valence-electron chi connectivity index (χ3n) is 3.32. The van der Waals surface area contributed by atoms with E-state index in [4.69, 9.17) is 11.6 Å². The van der Waals surface area contributed by atoms with Gasteiger partial charge in [-0.1, -0.05) is 41.9 Å². The number of aryl methyl sites for hydroxylation is 1. The van der Waals surface area contributed by atoms with Gasteiger partial charge in [-0.05, 0) is 25.3 Å². The molecule has 2 heterocycles. The predicted octanol–water partition coefficient (Wildman–Crippen LogP) is 3.21. The molecule has 5 nitrogen and oxygen atoms in total. The average molecular weight is 302 g/mol. The fourth-order valence-corrected chi connectivity index (χ4v) is 2.42. The van der Waals surface area contributed by atoms with Crippen molar-refractivity contribution in [1.82, 2.24) is 19.6 Å². The zero-order chi connectivity index (χ0) is 14.7. The fourth-order valence-electron chi connectivity index (χ4n) is 2.24. The number of benzene rings is 1. The fraction of sp³-hybridized carbons (Fsp3) is 0.267. The topological polar surface area (TPSA) is 55.1 Å². The predicted molar refractivity (Wildman–Crippen MR) is 83.6 cm³/mol. The molecule has 1 N–H and O–H groups in total. The lowest BCUT2D eigenvalue weighted by atomic mass is 10.1. The van der Waals surface area contributed by atoms with Crippen LogP contribution in [0.3, 0.4) is 0 Å². The SMILES string of the molecule is CC(CCc1ccccc1)Nc1cc(Cl)nc2ncnn12. The third kappa shape index (κ3) is 3.31. The van der Waals surface area contributed by atoms with Gasteiger partial charge >= 0.3 is 0 Å². The van der Waals surface area contributed by atoms with E-state index >= 15 is 0 Å². The van der Waals surface area contributed by atoms with Crippen LogP contribution >= 0.6 is 11.6 Å². The van der Waals surface area contributed by atoms with Gasteiger partial charge < -0.3 is 5.32 Å². The van der Waals surface area contributed by atoms with E-state index in [-0.39, 0.29) is 6.04 Å². The molecule has 108 valence electrons. The molecule has 0 aliphatic rings. The second-order valence-electron chi connectivity index (χ2n) is 5.01. The number of rotatable bonds is 5. The number of halogens is 1. The Balaban J connectivity index is 1.68. The van der Waals surface area contributed by atoms with E-state index in [1.807, 2.05) is 6.07 Å². The van der Waals surface area contributed by atoms with E-state index in [2.05, 4.69) is 51.6 Å². The van der Waals surface area contributed by atoms with Crippen molar-refractivity contribution in [3.63, 3.8) is 0 Å². The molecule has 0 saturated heterocycles. The van der Waals surface area contributed by atoms with Crippen molar-refractivity contribution in [2.24, 2.45) is 0 Å². The lowest BCUT2D eigenvalue weighted by Crippen LogP contribution is -2.18. The summed E-state index contributed by atoms with van der Waals surface area (Å²) in [5, 5.41) is 7.98. The first kappa shape index (κ1) is 13.8. The highest BCUT2D eigenvalue weighted by molar-refractivity contribution is 6.29. The summed E-state index contributed by atoms with van der Waals surface area (Å²) in [6, 6.07) is 12.5. The zero-order valence-electron chi connectivity index (χ0n) is 11.7. The van der Waals surface area contributed by atoms with E-state index in [0.717, 1.165) is 18.7 Å². The zero-order valence-corrected chi connectivity index (χ0v) is 12.5.